The second-order valence-electron chi connectivity index (χ2n) is 7.29. The van der Waals surface area contributed by atoms with Crippen LogP contribution in [0.5, 0.6) is 11.5 Å². The Hall–Kier alpha value is -4.18. The van der Waals surface area contributed by atoms with E-state index in [0.717, 1.165) is 11.4 Å². The SMILES string of the molecule is Cc1cc(C)n(Cn2ccc(C(=O)Nc3cc(Oc4ccc(Cl)cc4)cc([N+](=O)[O-])c3)n2)n1. The lowest BCUT2D eigenvalue weighted by atomic mass is 10.2. The van der Waals surface area contributed by atoms with E-state index in [0.29, 0.717) is 17.4 Å². The lowest BCUT2D eigenvalue weighted by molar-refractivity contribution is -0.384. The predicted octanol–water partition coefficient (Wildman–Crippen LogP) is 4.81. The molecule has 0 saturated heterocycles. The summed E-state index contributed by atoms with van der Waals surface area (Å²) in [7, 11) is 0. The number of nitro benzene ring substituents is 1. The van der Waals surface area contributed by atoms with E-state index in [1.165, 1.54) is 18.2 Å². The number of anilines is 1. The molecule has 0 unspecified atom stereocenters. The summed E-state index contributed by atoms with van der Waals surface area (Å²) in [6.45, 7) is 4.18. The molecule has 11 heteroatoms. The fourth-order valence-corrected chi connectivity index (χ4v) is 3.30. The molecule has 2 aromatic carbocycles. The van der Waals surface area contributed by atoms with E-state index in [9.17, 15) is 14.9 Å². The maximum atomic E-state index is 12.7. The van der Waals surface area contributed by atoms with Crippen LogP contribution in [0.1, 0.15) is 21.9 Å². The Morgan fingerprint density at radius 1 is 1.09 bits per heavy atom. The Bertz CT molecular complexity index is 1330. The molecule has 168 valence electrons. The molecular weight excluding hydrogens is 448 g/mol. The topological polar surface area (TPSA) is 117 Å². The van der Waals surface area contributed by atoms with Crippen LogP contribution in [0.25, 0.3) is 0 Å². The highest BCUT2D eigenvalue weighted by molar-refractivity contribution is 6.30. The minimum Gasteiger partial charge on any atom is -0.457 e. The second-order valence-corrected chi connectivity index (χ2v) is 7.73. The molecule has 0 spiro atoms. The summed E-state index contributed by atoms with van der Waals surface area (Å²) in [5, 5.41) is 23.2. The molecule has 4 rings (SSSR count). The van der Waals surface area contributed by atoms with Gasteiger partial charge < -0.3 is 10.1 Å². The number of rotatable bonds is 7. The Balaban J connectivity index is 1.51. The molecule has 1 N–H and O–H groups in total. The van der Waals surface area contributed by atoms with Crippen LogP contribution in [0, 0.1) is 24.0 Å². The van der Waals surface area contributed by atoms with Crippen molar-refractivity contribution in [3.05, 3.63) is 93.0 Å². The van der Waals surface area contributed by atoms with Crippen LogP contribution >= 0.6 is 11.6 Å². The number of nitrogens with one attached hydrogen (secondary N) is 1. The molecule has 2 heterocycles. The standard InChI is InChI=1S/C22H19ClN6O4/c1-14-9-15(2)28(25-14)13-27-8-7-21(26-27)22(30)24-17-10-18(29(31)32)12-20(11-17)33-19-5-3-16(23)4-6-19/h3-12H,13H2,1-2H3,(H,24,30). The van der Waals surface area contributed by atoms with Crippen molar-refractivity contribution in [3.8, 4) is 11.5 Å². The number of nitrogens with zero attached hydrogens (tertiary/aromatic N) is 5. The van der Waals surface area contributed by atoms with Crippen LogP contribution < -0.4 is 10.1 Å². The molecule has 0 aliphatic heterocycles. The third-order valence-electron chi connectivity index (χ3n) is 4.66. The first-order valence-corrected chi connectivity index (χ1v) is 10.2. The Labute approximate surface area is 193 Å². The van der Waals surface area contributed by atoms with E-state index < -0.39 is 10.8 Å². The number of aromatic nitrogens is 4. The molecule has 0 radical (unpaired) electrons. The minimum atomic E-state index is -0.562. The number of benzene rings is 2. The summed E-state index contributed by atoms with van der Waals surface area (Å²) in [6, 6.07) is 14.1. The zero-order chi connectivity index (χ0) is 23.5. The van der Waals surface area contributed by atoms with E-state index in [2.05, 4.69) is 15.5 Å². The quantitative estimate of drug-likeness (QED) is 0.308. The molecular formula is C22H19ClN6O4. The lowest BCUT2D eigenvalue weighted by Gasteiger charge is -2.09. The number of carbonyl (C=O) groups excluding carboxylic acids is 1. The van der Waals surface area contributed by atoms with Crippen molar-refractivity contribution in [1.82, 2.24) is 19.6 Å². The van der Waals surface area contributed by atoms with Crippen LogP contribution in [-0.4, -0.2) is 30.4 Å². The molecule has 0 fully saturated rings. The summed E-state index contributed by atoms with van der Waals surface area (Å²) >= 11 is 5.87. The van der Waals surface area contributed by atoms with E-state index in [-0.39, 0.29) is 22.8 Å². The van der Waals surface area contributed by atoms with Gasteiger partial charge in [0.05, 0.1) is 22.4 Å². The van der Waals surface area contributed by atoms with Crippen molar-refractivity contribution in [3.63, 3.8) is 0 Å². The van der Waals surface area contributed by atoms with Crippen LogP contribution in [0.4, 0.5) is 11.4 Å². The van der Waals surface area contributed by atoms with E-state index in [1.807, 2.05) is 19.9 Å². The highest BCUT2D eigenvalue weighted by Crippen LogP contribution is 2.30. The van der Waals surface area contributed by atoms with Gasteiger partial charge in [0.1, 0.15) is 18.2 Å². The lowest BCUT2D eigenvalue weighted by Crippen LogP contribution is -2.15. The maximum absolute atomic E-state index is 12.7. The zero-order valence-electron chi connectivity index (χ0n) is 17.7. The molecule has 4 aromatic rings. The highest BCUT2D eigenvalue weighted by atomic mass is 35.5. The molecule has 0 saturated carbocycles. The molecule has 0 aliphatic carbocycles. The van der Waals surface area contributed by atoms with Gasteiger partial charge in [-0.1, -0.05) is 11.6 Å². The zero-order valence-corrected chi connectivity index (χ0v) is 18.5. The van der Waals surface area contributed by atoms with E-state index >= 15 is 0 Å². The number of aryl methyl sites for hydroxylation is 2. The first-order valence-electron chi connectivity index (χ1n) is 9.85. The fourth-order valence-electron chi connectivity index (χ4n) is 3.17. The van der Waals surface area contributed by atoms with Gasteiger partial charge in [-0.2, -0.15) is 10.2 Å². The summed E-state index contributed by atoms with van der Waals surface area (Å²) in [5.41, 5.74) is 1.99. The minimum absolute atomic E-state index is 0.156. The number of hydrogen-bond donors (Lipinski definition) is 1. The van der Waals surface area contributed by atoms with Gasteiger partial charge >= 0.3 is 0 Å². The van der Waals surface area contributed by atoms with Crippen LogP contribution in [-0.2, 0) is 6.67 Å². The van der Waals surface area contributed by atoms with Gasteiger partial charge in [0.15, 0.2) is 5.69 Å². The van der Waals surface area contributed by atoms with E-state index in [1.54, 1.807) is 45.9 Å². The monoisotopic (exact) mass is 466 g/mol. The number of hydrogen-bond acceptors (Lipinski definition) is 6. The first-order chi connectivity index (χ1) is 15.8. The summed E-state index contributed by atoms with van der Waals surface area (Å²) < 4.78 is 9.04. The molecule has 10 nitrogen and oxygen atoms in total. The van der Waals surface area contributed by atoms with Crippen molar-refractivity contribution < 1.29 is 14.5 Å². The van der Waals surface area contributed by atoms with Crippen molar-refractivity contribution in [2.24, 2.45) is 0 Å². The third-order valence-corrected chi connectivity index (χ3v) is 4.92. The molecule has 2 aromatic heterocycles. The molecule has 0 atom stereocenters. The van der Waals surface area contributed by atoms with Gasteiger partial charge in [-0.15, -0.1) is 0 Å². The second kappa shape index (κ2) is 9.13. The van der Waals surface area contributed by atoms with E-state index in [4.69, 9.17) is 16.3 Å². The largest absolute Gasteiger partial charge is 0.457 e. The number of non-ortho nitro benzene ring substituents is 1. The number of carbonyl (C=O) groups is 1. The highest BCUT2D eigenvalue weighted by Gasteiger charge is 2.16. The van der Waals surface area contributed by atoms with Gasteiger partial charge in [0, 0.05) is 29.0 Å². The Morgan fingerprint density at radius 2 is 1.85 bits per heavy atom. The average molecular weight is 467 g/mol. The summed E-state index contributed by atoms with van der Waals surface area (Å²) in [5.74, 6) is 0.122. The van der Waals surface area contributed by atoms with Gasteiger partial charge in [-0.3, -0.25) is 19.6 Å². The number of halogens is 1. The summed E-state index contributed by atoms with van der Waals surface area (Å²) in [4.78, 5) is 23.5. The first kappa shape index (κ1) is 22.0. The molecule has 33 heavy (non-hydrogen) atoms. The van der Waals surface area contributed by atoms with Crippen molar-refractivity contribution >= 4 is 28.9 Å². The number of ether oxygens (including phenoxy) is 1. The number of amides is 1. The fraction of sp³-hybridized carbons (Fsp3) is 0.136. The smallest absolute Gasteiger partial charge is 0.276 e. The van der Waals surface area contributed by atoms with Gasteiger partial charge in [-0.05, 0) is 50.2 Å². The van der Waals surface area contributed by atoms with Gasteiger partial charge in [-0.25, -0.2) is 4.68 Å². The van der Waals surface area contributed by atoms with Crippen LogP contribution in [0.3, 0.4) is 0 Å². The molecule has 0 bridgehead atoms. The number of nitro groups is 1. The molecule has 0 aliphatic rings. The van der Waals surface area contributed by atoms with Gasteiger partial charge in [0.2, 0.25) is 0 Å². The normalized spacial score (nSPS) is 10.8. The van der Waals surface area contributed by atoms with Crippen molar-refractivity contribution in [2.45, 2.75) is 20.5 Å². The Kier molecular flexibility index (Phi) is 6.09. The Morgan fingerprint density at radius 3 is 2.52 bits per heavy atom. The molecule has 1 amide bonds. The van der Waals surface area contributed by atoms with Crippen molar-refractivity contribution in [2.75, 3.05) is 5.32 Å². The van der Waals surface area contributed by atoms with Gasteiger partial charge in [0.25, 0.3) is 11.6 Å². The maximum Gasteiger partial charge on any atom is 0.276 e. The van der Waals surface area contributed by atoms with Crippen LogP contribution in [0.2, 0.25) is 5.02 Å². The van der Waals surface area contributed by atoms with Crippen LogP contribution in [0.15, 0.2) is 60.8 Å². The average Bonchev–Trinajstić information content (AvgIpc) is 3.35. The third kappa shape index (κ3) is 5.36. The van der Waals surface area contributed by atoms with Crippen molar-refractivity contribution in [1.29, 1.82) is 0 Å². The predicted molar refractivity (Wildman–Crippen MR) is 122 cm³/mol. The summed E-state index contributed by atoms with van der Waals surface area (Å²) in [6.07, 6.45) is 1.66.